The van der Waals surface area contributed by atoms with E-state index in [0.29, 0.717) is 115 Å². The molecule has 11 nitrogen and oxygen atoms in total. The molecule has 7 fully saturated rings. The molecule has 7 heterocycles. The third-order valence-corrected chi connectivity index (χ3v) is 40.2. The molecule has 658 valence electrons. The summed E-state index contributed by atoms with van der Waals surface area (Å²) in [4.78, 5) is 41.9. The molecule has 12 aromatic carbocycles. The lowest BCUT2D eigenvalue weighted by Gasteiger charge is -2.17. The van der Waals surface area contributed by atoms with Crippen molar-refractivity contribution in [2.45, 2.75) is 110 Å². The fourth-order valence-electron chi connectivity index (χ4n) is 16.5. The largest absolute Gasteiger partial charge is 0.507 e. The zero-order valence-corrected chi connectivity index (χ0v) is 79.4. The van der Waals surface area contributed by atoms with Crippen LogP contribution in [0.1, 0.15) is 121 Å². The number of unbranched alkanes of at least 4 members (excludes halogenated alkanes) is 1. The topological polar surface area (TPSA) is 136 Å². The number of carbonyl (C=O) groups excluding carboxylic acids is 3. The standard InChI is InChI=1S/C18H23O2S.C18H23OS.C17H21O3S.C16H17OS.C14H14OS.C12H15O2S.C12H15OS/c1-19-11-12-20-17-9-10-18(21-13-5-2-6-14-21)16-8-4-3-7-15(16)17;1-2-3-12-19-17-10-11-18(20-13-6-7-14-20)16-9-5-4-8-15(16)17;1-18-8-9-20-16-6-7-17(21-12-10-19-11-13-21)15-5-3-2-4-14(15)16;17-16(12-18-9-3-4-10-18)15-8-7-13-5-1-2-6-14(13)11-15;15-13-7-8-14(16-9-3-4-10-16)12-6-2-1-5-11(12)13;13-12(11-4-2-1-3-5-11)10-15-8-6-14-7-9-15;13-12(10-14-8-4-5-9-14)11-6-2-1-3-7-11/h3-4,7-10H,2,5-6,11-14H2,1H3;4-5,8-11H,2-3,6-7,12-14H2,1H3;2-7H,8-13H2,1H3;1-2,5-8,11H,3-4,9-10,12H2;1-2,5-8H,3-4,9-10H2;1-5H,6-10H2;1-3,6-7H,4-5,8-10H2/q4*+1;;2*+1/p+1. The van der Waals surface area contributed by atoms with Crippen LogP contribution >= 0.6 is 0 Å². The van der Waals surface area contributed by atoms with Crippen molar-refractivity contribution in [3.63, 3.8) is 0 Å². The first-order valence-corrected chi connectivity index (χ1v) is 56.6. The van der Waals surface area contributed by atoms with Gasteiger partial charge in [-0.05, 0) is 188 Å². The van der Waals surface area contributed by atoms with Crippen molar-refractivity contribution in [2.75, 3.05) is 171 Å². The van der Waals surface area contributed by atoms with E-state index in [1.165, 1.54) is 192 Å². The van der Waals surface area contributed by atoms with E-state index in [2.05, 4.69) is 153 Å². The summed E-state index contributed by atoms with van der Waals surface area (Å²) < 4.78 is 38.6. The average molecular weight is 1820 g/mol. The predicted molar refractivity (Wildman–Crippen MR) is 542 cm³/mol. The van der Waals surface area contributed by atoms with Crippen LogP contribution in [-0.4, -0.2) is 194 Å². The van der Waals surface area contributed by atoms with E-state index in [-0.39, 0.29) is 16.7 Å². The van der Waals surface area contributed by atoms with Crippen LogP contribution in [0.4, 0.5) is 0 Å². The van der Waals surface area contributed by atoms with Gasteiger partial charge in [0.25, 0.3) is 0 Å². The molecule has 0 amide bonds. The number of benzene rings is 12. The first kappa shape index (κ1) is 95.0. The molecule has 18 heteroatoms. The first-order valence-electron chi connectivity index (χ1n) is 45.2. The van der Waals surface area contributed by atoms with Gasteiger partial charge in [-0.1, -0.05) is 183 Å². The summed E-state index contributed by atoms with van der Waals surface area (Å²) in [5.41, 5.74) is 2.61. The van der Waals surface area contributed by atoms with Gasteiger partial charge in [0.05, 0.1) is 46.2 Å². The molecular formula is C107H129O11S7+7. The van der Waals surface area contributed by atoms with Gasteiger partial charge < -0.3 is 38.3 Å². The van der Waals surface area contributed by atoms with Gasteiger partial charge in [-0.2, -0.15) is 0 Å². The number of carbonyl (C=O) groups is 3. The highest BCUT2D eigenvalue weighted by atomic mass is 32.2. The van der Waals surface area contributed by atoms with Gasteiger partial charge in [0.15, 0.2) is 36.8 Å². The van der Waals surface area contributed by atoms with Gasteiger partial charge >= 0.3 is 0 Å². The second kappa shape index (κ2) is 52.2. The molecule has 0 saturated carbocycles. The number of rotatable bonds is 25. The van der Waals surface area contributed by atoms with Crippen molar-refractivity contribution in [2.24, 2.45) is 0 Å². The van der Waals surface area contributed by atoms with Gasteiger partial charge in [-0.3, -0.25) is 14.4 Å². The van der Waals surface area contributed by atoms with Crippen molar-refractivity contribution in [1.29, 1.82) is 0 Å². The van der Waals surface area contributed by atoms with E-state index in [1.807, 2.05) is 103 Å². The summed E-state index contributed by atoms with van der Waals surface area (Å²) in [6, 6.07) is 84.9. The Bertz CT molecular complexity index is 5180. The van der Waals surface area contributed by atoms with Crippen molar-refractivity contribution >= 4 is 147 Å². The SMILES string of the molecule is CCCCOc1ccc([S+]2CCCC2)c2ccccc12.COCCOc1ccc([S+]2CCCCC2)c2ccccc12.COCCOc1ccc([S+]2CCOCC2)c2ccccc12.O=C(C[S+]1CCCC1)c1ccc2ccccc2c1.O=C(C[S+]1CCCC1)c1ccccc1.O=C(C[S+]1CCOCC1)c1ccccc1.Oc1ccc([S+]2CCCC2)c2ccccc12. The number of Topliss-reactive ketones (excluding diaryl/α,β-unsaturated/α-hetero) is 3. The van der Waals surface area contributed by atoms with Crippen LogP contribution in [0.5, 0.6) is 23.0 Å². The molecule has 12 aromatic rings. The molecule has 0 aromatic heterocycles. The molecule has 0 bridgehead atoms. The van der Waals surface area contributed by atoms with E-state index < -0.39 is 0 Å². The second-order valence-electron chi connectivity index (χ2n) is 32.1. The van der Waals surface area contributed by atoms with E-state index >= 15 is 0 Å². The Balaban J connectivity index is 0.000000126. The Morgan fingerprint density at radius 1 is 0.296 bits per heavy atom. The summed E-state index contributed by atoms with van der Waals surface area (Å²) in [6.07, 6.45) is 17.3. The predicted octanol–water partition coefficient (Wildman–Crippen LogP) is 22.2. The van der Waals surface area contributed by atoms with Gasteiger partial charge in [-0.25, -0.2) is 0 Å². The lowest BCUT2D eigenvalue weighted by molar-refractivity contribution is 0.101. The first-order chi connectivity index (χ1) is 61.6. The summed E-state index contributed by atoms with van der Waals surface area (Å²) in [6.45, 7) is 8.85. The Kier molecular flexibility index (Phi) is 39.7. The molecule has 0 unspecified atom stereocenters. The molecular weight excluding hydrogens is 1690 g/mol. The third-order valence-electron chi connectivity index (χ3n) is 23.3. The van der Waals surface area contributed by atoms with E-state index in [1.54, 1.807) is 19.1 Å². The smallest absolute Gasteiger partial charge is 0.211 e. The fraction of sp³-hybridized carbons (Fsp3) is 0.393. The number of fused-ring (bicyclic) bond motifs is 5. The average Bonchev–Trinajstić information content (AvgIpc) is 0.872. The maximum Gasteiger partial charge on any atom is 0.211 e. The molecule has 125 heavy (non-hydrogen) atoms. The summed E-state index contributed by atoms with van der Waals surface area (Å²) in [7, 11) is 5.99. The third kappa shape index (κ3) is 28.5. The number of aromatic hydroxyl groups is 1. The van der Waals surface area contributed by atoms with Crippen LogP contribution in [0.25, 0.3) is 53.9 Å². The van der Waals surface area contributed by atoms with Crippen molar-refractivity contribution in [3.8, 4) is 23.0 Å². The van der Waals surface area contributed by atoms with Gasteiger partial charge in [0, 0.05) is 128 Å². The Hall–Kier alpha value is -7.56. The highest BCUT2D eigenvalue weighted by Gasteiger charge is 2.35. The normalized spacial score (nSPS) is 16.5. The minimum absolute atomic E-state index is 0.250. The van der Waals surface area contributed by atoms with Crippen molar-refractivity contribution in [1.82, 2.24) is 0 Å². The van der Waals surface area contributed by atoms with E-state index in [4.69, 9.17) is 33.2 Å². The molecule has 7 aliphatic heterocycles. The molecule has 1 N–H and O–H groups in total. The molecule has 0 atom stereocenters. The van der Waals surface area contributed by atoms with Gasteiger partial charge in [0.2, 0.25) is 17.3 Å². The van der Waals surface area contributed by atoms with E-state index in [9.17, 15) is 19.5 Å². The summed E-state index contributed by atoms with van der Waals surface area (Å²) in [5.74, 6) is 24.1. The highest BCUT2D eigenvalue weighted by molar-refractivity contribution is 7.99. The molecule has 0 radical (unpaired) electrons. The lowest BCUT2D eigenvalue weighted by Crippen LogP contribution is -2.31. The molecule has 7 aliphatic rings. The Morgan fingerprint density at radius 3 is 1.03 bits per heavy atom. The Morgan fingerprint density at radius 2 is 0.616 bits per heavy atom. The zero-order valence-electron chi connectivity index (χ0n) is 73.6. The number of hydrogen-bond donors (Lipinski definition) is 1. The summed E-state index contributed by atoms with van der Waals surface area (Å²) in [5, 5.41) is 22.3. The fourth-order valence-corrected chi connectivity index (χ4v) is 32.3. The molecule has 0 spiro atoms. The minimum Gasteiger partial charge on any atom is -0.507 e. The quantitative estimate of drug-likeness (QED) is 0.0333. The number of ketones is 3. The number of hydrogen-bond acceptors (Lipinski definition) is 11. The molecule has 19 rings (SSSR count). The van der Waals surface area contributed by atoms with Gasteiger partial charge in [0.1, 0.15) is 117 Å². The van der Waals surface area contributed by atoms with Crippen molar-refractivity contribution in [3.05, 3.63) is 265 Å². The van der Waals surface area contributed by atoms with Crippen LogP contribution < -0.4 is 14.2 Å². The second-order valence-corrected chi connectivity index (χ2v) is 48.1. The number of methoxy groups -OCH3 is 2. The van der Waals surface area contributed by atoms with Crippen LogP contribution in [0.3, 0.4) is 0 Å². The number of phenols is 1. The van der Waals surface area contributed by atoms with E-state index in [0.717, 1.165) is 119 Å². The molecule has 0 aliphatic carbocycles. The number of ether oxygens (including phenoxy) is 7. The van der Waals surface area contributed by atoms with Gasteiger partial charge in [-0.15, -0.1) is 0 Å². The maximum atomic E-state index is 12.3. The molecule has 7 saturated heterocycles. The highest BCUT2D eigenvalue weighted by Crippen LogP contribution is 2.39. The lowest BCUT2D eigenvalue weighted by atomic mass is 10.1. The Labute approximate surface area is 763 Å². The maximum absolute atomic E-state index is 12.3. The number of phenolic OH excluding ortho intramolecular Hbond substituents is 1. The monoisotopic (exact) mass is 1810 g/mol. The van der Waals surface area contributed by atoms with Crippen molar-refractivity contribution < 1.29 is 52.6 Å². The summed E-state index contributed by atoms with van der Waals surface area (Å²) >= 11 is 0. The van der Waals surface area contributed by atoms with Crippen LogP contribution in [0.2, 0.25) is 0 Å². The van der Waals surface area contributed by atoms with Crippen LogP contribution in [0, 0.1) is 0 Å². The van der Waals surface area contributed by atoms with Crippen LogP contribution in [-0.2, 0) is 95.2 Å². The zero-order chi connectivity index (χ0) is 86.4. The minimum atomic E-state index is 0.250. The van der Waals surface area contributed by atoms with Crippen LogP contribution in [0.15, 0.2) is 268 Å².